The van der Waals surface area contributed by atoms with E-state index < -0.39 is 0 Å². The van der Waals surface area contributed by atoms with Crippen molar-refractivity contribution in [1.29, 1.82) is 0 Å². The molecule has 4 rings (SSSR count). The summed E-state index contributed by atoms with van der Waals surface area (Å²) in [4.78, 5) is 20.4. The van der Waals surface area contributed by atoms with Gasteiger partial charge in [-0.15, -0.1) is 0 Å². The molecule has 1 aromatic heterocycles. The number of carbonyl (C=O) groups excluding carboxylic acids is 1. The summed E-state index contributed by atoms with van der Waals surface area (Å²) < 4.78 is 0. The van der Waals surface area contributed by atoms with Crippen molar-refractivity contribution in [3.05, 3.63) is 70.9 Å². The molecule has 28 heavy (non-hydrogen) atoms. The van der Waals surface area contributed by atoms with Crippen LogP contribution in [0, 0.1) is 0 Å². The van der Waals surface area contributed by atoms with E-state index in [1.807, 2.05) is 24.5 Å². The molecule has 0 radical (unpaired) electrons. The van der Waals surface area contributed by atoms with Crippen molar-refractivity contribution in [1.82, 2.24) is 4.98 Å². The fourth-order valence-corrected chi connectivity index (χ4v) is 3.91. The van der Waals surface area contributed by atoms with E-state index >= 15 is 0 Å². The fraction of sp³-hybridized carbons (Fsp3) is 0.208. The molecule has 4 heteroatoms. The van der Waals surface area contributed by atoms with Gasteiger partial charge in [-0.2, -0.15) is 0 Å². The molecular weight excluding hydrogens is 346 g/mol. The molecule has 0 atom stereocenters. The Hall–Kier alpha value is -3.27. The summed E-state index contributed by atoms with van der Waals surface area (Å²) in [6.45, 7) is 4.47. The Balaban J connectivity index is 1.85. The van der Waals surface area contributed by atoms with Crippen LogP contribution in [-0.2, 0) is 24.2 Å². The molecule has 2 N–H and O–H groups in total. The maximum Gasteiger partial charge on any atom is 0.134 e. The lowest BCUT2D eigenvalue weighted by Crippen LogP contribution is -2.02. The molecule has 0 aliphatic carbocycles. The number of ketones is 1. The fourth-order valence-electron chi connectivity index (χ4n) is 3.91. The van der Waals surface area contributed by atoms with Crippen molar-refractivity contribution in [3.8, 4) is 22.3 Å². The van der Waals surface area contributed by atoms with Gasteiger partial charge in [0.25, 0.3) is 0 Å². The van der Waals surface area contributed by atoms with Crippen molar-refractivity contribution >= 4 is 17.8 Å². The highest BCUT2D eigenvalue weighted by atomic mass is 16.1. The van der Waals surface area contributed by atoms with Crippen LogP contribution < -0.4 is 5.73 Å². The molecule has 0 spiro atoms. The summed E-state index contributed by atoms with van der Waals surface area (Å²) in [6, 6.07) is 14.5. The number of aliphatic imine (C=N–C) groups is 1. The highest BCUT2D eigenvalue weighted by Gasteiger charge is 2.17. The zero-order chi connectivity index (χ0) is 19.7. The molecule has 0 bridgehead atoms. The molecule has 0 fully saturated rings. The third-order valence-electron chi connectivity index (χ3n) is 5.18. The Morgan fingerprint density at radius 3 is 2.79 bits per heavy atom. The molecule has 4 nitrogen and oxygen atoms in total. The first-order chi connectivity index (χ1) is 13.6. The Kier molecular flexibility index (Phi) is 4.78. The lowest BCUT2D eigenvalue weighted by molar-refractivity contribution is -0.116. The van der Waals surface area contributed by atoms with Crippen molar-refractivity contribution in [2.24, 2.45) is 4.99 Å². The zero-order valence-corrected chi connectivity index (χ0v) is 16.2. The van der Waals surface area contributed by atoms with Crippen LogP contribution in [0.5, 0.6) is 0 Å². The molecule has 0 saturated carbocycles. The van der Waals surface area contributed by atoms with Crippen LogP contribution in [0.3, 0.4) is 0 Å². The zero-order valence-electron chi connectivity index (χ0n) is 16.2. The number of rotatable bonds is 5. The molecule has 3 aromatic rings. The predicted molar refractivity (Wildman–Crippen MR) is 115 cm³/mol. The molecular formula is C24H23N3O. The van der Waals surface area contributed by atoms with Gasteiger partial charge < -0.3 is 5.73 Å². The first kappa shape index (κ1) is 18.1. The Labute approximate surface area is 165 Å². The number of hydrogen-bond acceptors (Lipinski definition) is 4. The summed E-state index contributed by atoms with van der Waals surface area (Å²) in [6.07, 6.45) is 5.04. The van der Waals surface area contributed by atoms with E-state index in [1.165, 1.54) is 16.7 Å². The maximum absolute atomic E-state index is 11.5. The normalized spacial score (nSPS) is 12.2. The quantitative estimate of drug-likeness (QED) is 0.713. The highest BCUT2D eigenvalue weighted by Crippen LogP contribution is 2.37. The van der Waals surface area contributed by atoms with Crippen LogP contribution in [0.25, 0.3) is 22.3 Å². The van der Waals surface area contributed by atoms with Gasteiger partial charge >= 0.3 is 0 Å². The van der Waals surface area contributed by atoms with Gasteiger partial charge in [-0.3, -0.25) is 9.79 Å². The average Bonchev–Trinajstić information content (AvgIpc) is 3.15. The molecule has 1 aliphatic rings. The van der Waals surface area contributed by atoms with E-state index in [2.05, 4.69) is 47.2 Å². The van der Waals surface area contributed by atoms with Gasteiger partial charge in [-0.25, -0.2) is 4.98 Å². The topological polar surface area (TPSA) is 68.3 Å². The molecule has 0 unspecified atom stereocenters. The van der Waals surface area contributed by atoms with E-state index in [0.717, 1.165) is 34.2 Å². The van der Waals surface area contributed by atoms with Gasteiger partial charge in [0.2, 0.25) is 0 Å². The van der Waals surface area contributed by atoms with E-state index in [1.54, 1.807) is 6.92 Å². The Morgan fingerprint density at radius 2 is 2.00 bits per heavy atom. The number of benzene rings is 2. The van der Waals surface area contributed by atoms with Crippen LogP contribution in [0.1, 0.15) is 36.1 Å². The van der Waals surface area contributed by atoms with Crippen LogP contribution >= 0.6 is 0 Å². The number of pyridine rings is 1. The number of anilines is 1. The second-order valence-corrected chi connectivity index (χ2v) is 7.23. The minimum Gasteiger partial charge on any atom is -0.383 e. The molecule has 2 aromatic carbocycles. The monoisotopic (exact) mass is 369 g/mol. The lowest BCUT2D eigenvalue weighted by atomic mass is 9.90. The number of Topliss-reactive ketones (excluding diaryl/α,β-unsaturated/α-hetero) is 1. The number of nitrogen functional groups attached to an aromatic ring is 1. The number of hydrogen-bond donors (Lipinski definition) is 1. The minimum atomic E-state index is 0.157. The summed E-state index contributed by atoms with van der Waals surface area (Å²) in [7, 11) is 0. The largest absolute Gasteiger partial charge is 0.383 e. The molecule has 1 aliphatic heterocycles. The number of carbonyl (C=O) groups is 1. The molecule has 0 amide bonds. The minimum absolute atomic E-state index is 0.157. The maximum atomic E-state index is 11.5. The van der Waals surface area contributed by atoms with Gasteiger partial charge in [-0.05, 0) is 52.8 Å². The van der Waals surface area contributed by atoms with Crippen molar-refractivity contribution < 1.29 is 4.79 Å². The predicted octanol–water partition coefficient (Wildman–Crippen LogP) is 4.62. The average molecular weight is 369 g/mol. The number of nitrogens with zero attached hydrogens (tertiary/aromatic N) is 2. The lowest BCUT2D eigenvalue weighted by Gasteiger charge is -2.17. The summed E-state index contributed by atoms with van der Waals surface area (Å²) in [5.74, 6) is 0.698. The molecule has 140 valence electrons. The van der Waals surface area contributed by atoms with Gasteiger partial charge in [0, 0.05) is 30.0 Å². The van der Waals surface area contributed by atoms with E-state index in [-0.39, 0.29) is 5.78 Å². The Bertz CT molecular complexity index is 1100. The third kappa shape index (κ3) is 3.33. The first-order valence-corrected chi connectivity index (χ1v) is 9.56. The van der Waals surface area contributed by atoms with Gasteiger partial charge in [0.05, 0.1) is 6.54 Å². The SMILES string of the molecule is CCc1c(-c2cccc(CC(C)=O)c2)cnc(N)c1-c1ccc2c(c1)CN=C2. The third-order valence-corrected chi connectivity index (χ3v) is 5.18. The second-order valence-electron chi connectivity index (χ2n) is 7.23. The standard InChI is InChI=1S/C24H23N3O/c1-3-21-22(17-6-4-5-16(10-17)9-15(2)28)14-27-24(25)23(21)18-7-8-19-12-26-13-20(19)11-18/h4-8,10-12,14H,3,9,13H2,1-2H3,(H2,25,27). The number of nitrogens with two attached hydrogens (primary N) is 1. The molecule has 0 saturated heterocycles. The first-order valence-electron chi connectivity index (χ1n) is 9.56. The van der Waals surface area contributed by atoms with E-state index in [9.17, 15) is 4.79 Å². The van der Waals surface area contributed by atoms with Crippen LogP contribution in [0.4, 0.5) is 5.82 Å². The van der Waals surface area contributed by atoms with Crippen molar-refractivity contribution in [2.75, 3.05) is 5.73 Å². The Morgan fingerprint density at radius 1 is 1.14 bits per heavy atom. The highest BCUT2D eigenvalue weighted by molar-refractivity contribution is 5.89. The smallest absolute Gasteiger partial charge is 0.134 e. The number of fused-ring (bicyclic) bond motifs is 1. The van der Waals surface area contributed by atoms with Crippen LogP contribution in [0.2, 0.25) is 0 Å². The number of aromatic nitrogens is 1. The van der Waals surface area contributed by atoms with Crippen molar-refractivity contribution in [3.63, 3.8) is 0 Å². The summed E-state index contributed by atoms with van der Waals surface area (Å²) in [5, 5.41) is 0. The summed E-state index contributed by atoms with van der Waals surface area (Å²) >= 11 is 0. The van der Waals surface area contributed by atoms with Gasteiger partial charge in [-0.1, -0.05) is 43.3 Å². The summed E-state index contributed by atoms with van der Waals surface area (Å²) in [5.41, 5.74) is 15.1. The van der Waals surface area contributed by atoms with E-state index in [0.29, 0.717) is 18.8 Å². The van der Waals surface area contributed by atoms with Gasteiger partial charge in [0.1, 0.15) is 11.6 Å². The van der Waals surface area contributed by atoms with E-state index in [4.69, 9.17) is 5.73 Å². The van der Waals surface area contributed by atoms with Crippen molar-refractivity contribution in [2.45, 2.75) is 33.2 Å². The second kappa shape index (κ2) is 7.39. The van der Waals surface area contributed by atoms with Crippen LogP contribution in [0.15, 0.2) is 53.7 Å². The van der Waals surface area contributed by atoms with Crippen LogP contribution in [-0.4, -0.2) is 17.0 Å². The molecule has 2 heterocycles. The van der Waals surface area contributed by atoms with Gasteiger partial charge in [0.15, 0.2) is 0 Å².